The summed E-state index contributed by atoms with van der Waals surface area (Å²) >= 11 is 0. The molecule has 0 saturated carbocycles. The van der Waals surface area contributed by atoms with Crippen LogP contribution in [-0.4, -0.2) is 0 Å². The zero-order valence-corrected chi connectivity index (χ0v) is 10.0. The Kier molecular flexibility index (Phi) is 2.39. The van der Waals surface area contributed by atoms with Crippen LogP contribution in [-0.2, 0) is 0 Å². The third kappa shape index (κ3) is 1.35. The van der Waals surface area contributed by atoms with E-state index in [9.17, 15) is 0 Å². The molecule has 0 N–H and O–H groups in total. The fourth-order valence-electron chi connectivity index (χ4n) is 2.49. The lowest BCUT2D eigenvalue weighted by molar-refractivity contribution is 1.72. The Morgan fingerprint density at radius 3 is 2.22 bits per heavy atom. The van der Waals surface area contributed by atoms with E-state index in [1.54, 1.807) is 0 Å². The number of benzene rings is 2. The van der Waals surface area contributed by atoms with Gasteiger partial charge in [-0.25, -0.2) is 0 Å². The van der Waals surface area contributed by atoms with E-state index in [0.29, 0.717) is 0 Å². The number of rotatable bonds is 2. The highest BCUT2D eigenvalue weighted by Crippen LogP contribution is 2.32. The molecule has 0 amide bonds. The van der Waals surface area contributed by atoms with Crippen LogP contribution in [0.2, 0.25) is 0 Å². The van der Waals surface area contributed by atoms with Crippen LogP contribution in [0.5, 0.6) is 0 Å². The number of hydrogen-bond donors (Lipinski definition) is 0. The Bertz CT molecular complexity index is 697. The molecule has 18 heavy (non-hydrogen) atoms. The van der Waals surface area contributed by atoms with Gasteiger partial charge >= 0.3 is 0 Å². The van der Waals surface area contributed by atoms with E-state index in [-0.39, 0.29) is 0 Å². The Balaban J connectivity index is 2.70. The van der Waals surface area contributed by atoms with E-state index < -0.39 is 0 Å². The largest absolute Gasteiger partial charge is 0.0984 e. The van der Waals surface area contributed by atoms with E-state index >= 15 is 0 Å². The van der Waals surface area contributed by atoms with E-state index in [1.807, 2.05) is 30.4 Å². The highest BCUT2D eigenvalue weighted by Gasteiger charge is 2.09. The summed E-state index contributed by atoms with van der Waals surface area (Å²) in [5.41, 5.74) is 2.25. The molecule has 0 saturated heterocycles. The fourth-order valence-corrected chi connectivity index (χ4v) is 2.49. The van der Waals surface area contributed by atoms with Crippen LogP contribution in [0.4, 0.5) is 0 Å². The second kappa shape index (κ2) is 4.05. The molecule has 0 atom stereocenters. The van der Waals surface area contributed by atoms with Crippen molar-refractivity contribution in [1.82, 2.24) is 0 Å². The van der Waals surface area contributed by atoms with Crippen molar-refractivity contribution in [3.63, 3.8) is 0 Å². The van der Waals surface area contributed by atoms with Crippen LogP contribution in [0.15, 0.2) is 49.6 Å². The van der Waals surface area contributed by atoms with Crippen LogP contribution < -0.4 is 0 Å². The lowest BCUT2D eigenvalue weighted by Gasteiger charge is -2.10. The smallest absolute Gasteiger partial charge is 0.0406 e. The minimum absolute atomic E-state index is 1.09. The average Bonchev–Trinajstić information content (AvgIpc) is 2.45. The zero-order valence-electron chi connectivity index (χ0n) is 10.0. The standard InChI is InChI=1S/C18H12/c1-3-13-14(4-2)16-10-6-8-12-18(16)17-11-7-5-9-15(13)17/h3-7,9-11H,1-2H2. The summed E-state index contributed by atoms with van der Waals surface area (Å²) in [6.45, 7) is 7.86. The SMILES string of the molecule is C=Cc1c(C=C)c2ccccc2c2c#cccc12. The molecule has 0 bridgehead atoms. The van der Waals surface area contributed by atoms with Crippen molar-refractivity contribution in [2.45, 2.75) is 0 Å². The third-order valence-corrected chi connectivity index (χ3v) is 3.28. The predicted molar refractivity (Wildman–Crippen MR) is 79.3 cm³/mol. The van der Waals surface area contributed by atoms with E-state index in [0.717, 1.165) is 21.9 Å². The van der Waals surface area contributed by atoms with Crippen molar-refractivity contribution in [2.75, 3.05) is 0 Å². The van der Waals surface area contributed by atoms with E-state index in [2.05, 4.69) is 43.5 Å². The van der Waals surface area contributed by atoms with Gasteiger partial charge < -0.3 is 0 Å². The molecular formula is C18H12. The van der Waals surface area contributed by atoms with Gasteiger partial charge in [-0.2, -0.15) is 0 Å². The molecular weight excluding hydrogens is 216 g/mol. The van der Waals surface area contributed by atoms with Gasteiger partial charge in [-0.1, -0.05) is 61.7 Å². The van der Waals surface area contributed by atoms with Gasteiger partial charge in [0, 0.05) is 5.39 Å². The molecule has 0 radical (unpaired) electrons. The van der Waals surface area contributed by atoms with Gasteiger partial charge in [-0.3, -0.25) is 0 Å². The minimum atomic E-state index is 1.09. The molecule has 0 unspecified atom stereocenters. The Labute approximate surface area is 107 Å². The maximum Gasteiger partial charge on any atom is 0.0406 e. The van der Waals surface area contributed by atoms with Crippen LogP contribution in [0.3, 0.4) is 0 Å². The first-order chi connectivity index (χ1) is 8.86. The molecule has 0 nitrogen and oxygen atoms in total. The third-order valence-electron chi connectivity index (χ3n) is 3.28. The summed E-state index contributed by atoms with van der Waals surface area (Å²) in [6, 6.07) is 18.5. The molecule has 0 aromatic heterocycles. The summed E-state index contributed by atoms with van der Waals surface area (Å²) in [7, 11) is 0. The molecule has 84 valence electrons. The molecule has 0 heteroatoms. The quantitative estimate of drug-likeness (QED) is 0.586. The molecule has 3 aromatic rings. The van der Waals surface area contributed by atoms with Gasteiger partial charge in [0.2, 0.25) is 0 Å². The summed E-state index contributed by atoms with van der Waals surface area (Å²) < 4.78 is 0. The summed E-state index contributed by atoms with van der Waals surface area (Å²) in [5, 5.41) is 4.61. The van der Waals surface area contributed by atoms with E-state index in [4.69, 9.17) is 0 Å². The van der Waals surface area contributed by atoms with Gasteiger partial charge in [0.25, 0.3) is 0 Å². The maximum atomic E-state index is 3.93. The summed E-state index contributed by atoms with van der Waals surface area (Å²) in [6.07, 6.45) is 3.79. The highest BCUT2D eigenvalue weighted by molar-refractivity contribution is 6.13. The van der Waals surface area contributed by atoms with Crippen LogP contribution >= 0.6 is 0 Å². The first-order valence-electron chi connectivity index (χ1n) is 5.88. The van der Waals surface area contributed by atoms with Crippen LogP contribution in [0, 0.1) is 12.1 Å². The van der Waals surface area contributed by atoms with Gasteiger partial charge in [0.15, 0.2) is 0 Å². The molecule has 3 aromatic carbocycles. The first kappa shape index (κ1) is 10.6. The zero-order chi connectivity index (χ0) is 12.5. The highest BCUT2D eigenvalue weighted by atomic mass is 14.1. The summed E-state index contributed by atoms with van der Waals surface area (Å²) in [5.74, 6) is 0. The van der Waals surface area contributed by atoms with Crippen molar-refractivity contribution in [2.24, 2.45) is 0 Å². The molecule has 0 fully saturated rings. The Hall–Kier alpha value is -2.52. The summed E-state index contributed by atoms with van der Waals surface area (Å²) in [4.78, 5) is 0. The topological polar surface area (TPSA) is 0 Å². The normalized spacial score (nSPS) is 10.2. The maximum absolute atomic E-state index is 3.93. The Morgan fingerprint density at radius 2 is 1.50 bits per heavy atom. The second-order valence-electron chi connectivity index (χ2n) is 4.17. The lowest BCUT2D eigenvalue weighted by Crippen LogP contribution is -1.87. The van der Waals surface area contributed by atoms with Crippen molar-refractivity contribution >= 4 is 33.7 Å². The van der Waals surface area contributed by atoms with Crippen molar-refractivity contribution in [3.8, 4) is 0 Å². The molecule has 0 aliphatic heterocycles. The predicted octanol–water partition coefficient (Wildman–Crippen LogP) is 4.88. The average molecular weight is 228 g/mol. The molecule has 0 aliphatic carbocycles. The van der Waals surface area contributed by atoms with Gasteiger partial charge in [-0.15, -0.1) is 0 Å². The first-order valence-corrected chi connectivity index (χ1v) is 5.88. The number of hydrogen-bond acceptors (Lipinski definition) is 0. The van der Waals surface area contributed by atoms with Crippen LogP contribution in [0.25, 0.3) is 33.7 Å². The van der Waals surface area contributed by atoms with Gasteiger partial charge in [0.05, 0.1) is 0 Å². The molecule has 3 rings (SSSR count). The van der Waals surface area contributed by atoms with Crippen molar-refractivity contribution in [3.05, 3.63) is 72.8 Å². The van der Waals surface area contributed by atoms with Gasteiger partial charge in [0.1, 0.15) is 0 Å². The monoisotopic (exact) mass is 228 g/mol. The van der Waals surface area contributed by atoms with Crippen LogP contribution in [0.1, 0.15) is 11.1 Å². The van der Waals surface area contributed by atoms with Crippen molar-refractivity contribution in [1.29, 1.82) is 0 Å². The lowest BCUT2D eigenvalue weighted by atomic mass is 9.92. The van der Waals surface area contributed by atoms with Gasteiger partial charge in [-0.05, 0) is 39.4 Å². The molecule has 0 aliphatic rings. The fraction of sp³-hybridized carbons (Fsp3) is 0. The minimum Gasteiger partial charge on any atom is -0.0984 e. The molecule has 0 heterocycles. The Morgan fingerprint density at radius 1 is 0.833 bits per heavy atom. The second-order valence-corrected chi connectivity index (χ2v) is 4.17. The molecule has 0 spiro atoms. The number of fused-ring (bicyclic) bond motifs is 3. The van der Waals surface area contributed by atoms with Crippen molar-refractivity contribution < 1.29 is 0 Å². The van der Waals surface area contributed by atoms with E-state index in [1.165, 1.54) is 10.8 Å².